The Balaban J connectivity index is 1.45. The number of nitrogens with zero attached hydrogens (tertiary/aromatic N) is 1. The average molecular weight is 472 g/mol. The highest BCUT2D eigenvalue weighted by molar-refractivity contribution is 6.44. The van der Waals surface area contributed by atoms with Crippen molar-refractivity contribution in [2.75, 3.05) is 16.8 Å². The minimum absolute atomic E-state index is 0.0293. The van der Waals surface area contributed by atoms with Gasteiger partial charge in [0.2, 0.25) is 11.8 Å². The van der Waals surface area contributed by atoms with Crippen molar-refractivity contribution in [2.45, 2.75) is 13.0 Å². The van der Waals surface area contributed by atoms with Crippen LogP contribution in [0.4, 0.5) is 11.4 Å². The number of carbonyl (C=O) groups excluding carboxylic acids is 3. The van der Waals surface area contributed by atoms with Gasteiger partial charge in [-0.05, 0) is 36.4 Å². The van der Waals surface area contributed by atoms with E-state index in [9.17, 15) is 14.4 Å². The van der Waals surface area contributed by atoms with Crippen molar-refractivity contribution in [1.29, 1.82) is 0 Å². The van der Waals surface area contributed by atoms with Crippen LogP contribution in [0, 0.1) is 5.92 Å². The molecule has 0 radical (unpaired) electrons. The highest BCUT2D eigenvalue weighted by Gasteiger charge is 2.36. The largest absolute Gasteiger partial charge is 0.467 e. The van der Waals surface area contributed by atoms with Crippen molar-refractivity contribution >= 4 is 52.3 Å². The average Bonchev–Trinajstić information content (AvgIpc) is 3.44. The van der Waals surface area contributed by atoms with Gasteiger partial charge in [0.05, 0.1) is 45.7 Å². The summed E-state index contributed by atoms with van der Waals surface area (Å²) in [6.07, 6.45) is 1.56. The molecule has 9 heteroatoms. The lowest BCUT2D eigenvalue weighted by molar-refractivity contribution is -0.122. The van der Waals surface area contributed by atoms with Crippen molar-refractivity contribution in [3.05, 3.63) is 82.2 Å². The third-order valence-electron chi connectivity index (χ3n) is 5.15. The molecule has 0 spiro atoms. The molecular formula is C23H19Cl2N3O4. The molecule has 1 aliphatic rings. The molecule has 7 nitrogen and oxygen atoms in total. The summed E-state index contributed by atoms with van der Waals surface area (Å²) in [5, 5.41) is 6.14. The van der Waals surface area contributed by atoms with Crippen LogP contribution >= 0.6 is 23.2 Å². The summed E-state index contributed by atoms with van der Waals surface area (Å²) in [5.74, 6) is -0.919. The zero-order valence-corrected chi connectivity index (χ0v) is 18.3. The first-order chi connectivity index (χ1) is 15.4. The standard InChI is InChI=1S/C23H19Cl2N3O4/c24-17-7-3-9-19(21(17)25)28-13-14(11-20(28)29)22(30)27-18-8-2-1-6-16(18)23(31)26-12-15-5-4-10-32-15/h1-10,14H,11-13H2,(H,26,31)(H,27,30)/t14-/m0/s1. The first-order valence-electron chi connectivity index (χ1n) is 9.89. The number of nitrogens with one attached hydrogen (secondary N) is 2. The van der Waals surface area contributed by atoms with E-state index in [4.69, 9.17) is 27.6 Å². The molecule has 0 unspecified atom stereocenters. The molecule has 0 saturated carbocycles. The summed E-state index contributed by atoms with van der Waals surface area (Å²) in [6.45, 7) is 0.387. The minimum atomic E-state index is -0.600. The highest BCUT2D eigenvalue weighted by atomic mass is 35.5. The molecule has 2 aromatic carbocycles. The van der Waals surface area contributed by atoms with Crippen LogP contribution in [0.1, 0.15) is 22.5 Å². The first kappa shape index (κ1) is 21.9. The fraction of sp³-hybridized carbons (Fsp3) is 0.174. The third kappa shape index (κ3) is 4.64. The van der Waals surface area contributed by atoms with Crippen LogP contribution in [-0.4, -0.2) is 24.3 Å². The Labute approximate surface area is 194 Å². The molecule has 2 heterocycles. The Hall–Kier alpha value is -3.29. The molecule has 164 valence electrons. The van der Waals surface area contributed by atoms with Crippen LogP contribution < -0.4 is 15.5 Å². The van der Waals surface area contributed by atoms with E-state index in [0.717, 1.165) is 0 Å². The number of anilines is 2. The zero-order chi connectivity index (χ0) is 22.7. The number of amides is 3. The van der Waals surface area contributed by atoms with Gasteiger partial charge in [-0.1, -0.05) is 41.4 Å². The SMILES string of the molecule is O=C(NCc1ccco1)c1ccccc1NC(=O)[C@H]1CC(=O)N(c2cccc(Cl)c2Cl)C1. The van der Waals surface area contributed by atoms with Gasteiger partial charge in [-0.2, -0.15) is 0 Å². The van der Waals surface area contributed by atoms with E-state index in [1.54, 1.807) is 54.6 Å². The van der Waals surface area contributed by atoms with E-state index in [1.807, 2.05) is 0 Å². The molecular weight excluding hydrogens is 453 g/mol. The van der Waals surface area contributed by atoms with Gasteiger partial charge in [0, 0.05) is 13.0 Å². The zero-order valence-electron chi connectivity index (χ0n) is 16.8. The summed E-state index contributed by atoms with van der Waals surface area (Å²) >= 11 is 12.3. The number of rotatable bonds is 6. The van der Waals surface area contributed by atoms with E-state index >= 15 is 0 Å². The van der Waals surface area contributed by atoms with E-state index in [2.05, 4.69) is 10.6 Å². The second-order valence-corrected chi connectivity index (χ2v) is 8.06. The molecule has 32 heavy (non-hydrogen) atoms. The molecule has 1 aliphatic heterocycles. The number of hydrogen-bond acceptors (Lipinski definition) is 4. The van der Waals surface area contributed by atoms with Crippen LogP contribution in [0.25, 0.3) is 0 Å². The summed E-state index contributed by atoms with van der Waals surface area (Å²) in [7, 11) is 0. The Kier molecular flexibility index (Phi) is 6.48. The van der Waals surface area contributed by atoms with Crippen LogP contribution in [0.5, 0.6) is 0 Å². The highest BCUT2D eigenvalue weighted by Crippen LogP contribution is 2.36. The van der Waals surface area contributed by atoms with E-state index in [0.29, 0.717) is 27.7 Å². The number of benzene rings is 2. The molecule has 3 aromatic rings. The van der Waals surface area contributed by atoms with Crippen molar-refractivity contribution in [2.24, 2.45) is 5.92 Å². The van der Waals surface area contributed by atoms with E-state index in [1.165, 1.54) is 11.2 Å². The normalized spacial score (nSPS) is 15.6. The van der Waals surface area contributed by atoms with Gasteiger partial charge >= 0.3 is 0 Å². The fourth-order valence-electron chi connectivity index (χ4n) is 3.52. The molecule has 2 N–H and O–H groups in total. The van der Waals surface area contributed by atoms with Gasteiger partial charge in [-0.3, -0.25) is 14.4 Å². The van der Waals surface area contributed by atoms with Crippen molar-refractivity contribution < 1.29 is 18.8 Å². The quantitative estimate of drug-likeness (QED) is 0.553. The molecule has 4 rings (SSSR count). The van der Waals surface area contributed by atoms with Crippen LogP contribution in [0.15, 0.2) is 65.3 Å². The minimum Gasteiger partial charge on any atom is -0.467 e. The van der Waals surface area contributed by atoms with Crippen molar-refractivity contribution in [1.82, 2.24) is 5.32 Å². The fourth-order valence-corrected chi connectivity index (χ4v) is 3.92. The maximum absolute atomic E-state index is 12.9. The Morgan fingerprint density at radius 1 is 1.06 bits per heavy atom. The summed E-state index contributed by atoms with van der Waals surface area (Å²) in [4.78, 5) is 39.5. The second-order valence-electron chi connectivity index (χ2n) is 7.28. The lowest BCUT2D eigenvalue weighted by Gasteiger charge is -2.19. The lowest BCUT2D eigenvalue weighted by Crippen LogP contribution is -2.29. The van der Waals surface area contributed by atoms with Crippen LogP contribution in [-0.2, 0) is 16.1 Å². The van der Waals surface area contributed by atoms with Gasteiger partial charge in [0.1, 0.15) is 5.76 Å². The Morgan fingerprint density at radius 3 is 2.66 bits per heavy atom. The predicted molar refractivity (Wildman–Crippen MR) is 122 cm³/mol. The molecule has 1 atom stereocenters. The number of halogens is 2. The van der Waals surface area contributed by atoms with E-state index < -0.39 is 5.92 Å². The maximum atomic E-state index is 12.9. The summed E-state index contributed by atoms with van der Waals surface area (Å²) in [6, 6.07) is 15.2. The van der Waals surface area contributed by atoms with Crippen LogP contribution in [0.2, 0.25) is 10.0 Å². The van der Waals surface area contributed by atoms with Gasteiger partial charge in [-0.15, -0.1) is 0 Å². The van der Waals surface area contributed by atoms with Gasteiger partial charge in [0.15, 0.2) is 0 Å². The second kappa shape index (κ2) is 9.46. The summed E-state index contributed by atoms with van der Waals surface area (Å²) < 4.78 is 5.22. The number of para-hydroxylation sites is 1. The van der Waals surface area contributed by atoms with E-state index in [-0.39, 0.29) is 42.3 Å². The smallest absolute Gasteiger partial charge is 0.253 e. The summed E-state index contributed by atoms with van der Waals surface area (Å²) in [5.41, 5.74) is 1.14. The molecule has 1 aromatic heterocycles. The molecule has 0 bridgehead atoms. The lowest BCUT2D eigenvalue weighted by atomic mass is 10.1. The van der Waals surface area contributed by atoms with Gasteiger partial charge < -0.3 is 20.0 Å². The Bertz CT molecular complexity index is 1160. The number of furan rings is 1. The number of hydrogen-bond donors (Lipinski definition) is 2. The molecule has 0 aliphatic carbocycles. The topological polar surface area (TPSA) is 91.6 Å². The predicted octanol–water partition coefficient (Wildman–Crippen LogP) is 4.51. The van der Waals surface area contributed by atoms with Crippen molar-refractivity contribution in [3.63, 3.8) is 0 Å². The molecule has 1 saturated heterocycles. The Morgan fingerprint density at radius 2 is 1.88 bits per heavy atom. The van der Waals surface area contributed by atoms with Gasteiger partial charge in [0.25, 0.3) is 5.91 Å². The van der Waals surface area contributed by atoms with Crippen molar-refractivity contribution in [3.8, 4) is 0 Å². The number of carbonyl (C=O) groups is 3. The van der Waals surface area contributed by atoms with Gasteiger partial charge in [-0.25, -0.2) is 0 Å². The molecule has 3 amide bonds. The third-order valence-corrected chi connectivity index (χ3v) is 5.96. The maximum Gasteiger partial charge on any atom is 0.253 e. The monoisotopic (exact) mass is 471 g/mol. The van der Waals surface area contributed by atoms with Crippen LogP contribution in [0.3, 0.4) is 0 Å². The molecule has 1 fully saturated rings. The first-order valence-corrected chi connectivity index (χ1v) is 10.6.